The van der Waals surface area contributed by atoms with Crippen LogP contribution in [0.5, 0.6) is 0 Å². The Morgan fingerprint density at radius 3 is 2.37 bits per heavy atom. The molecular weight excluding hydrogens is 336 g/mol. The molecule has 0 aliphatic carbocycles. The molecule has 0 amide bonds. The summed E-state index contributed by atoms with van der Waals surface area (Å²) in [4.78, 5) is 0.695. The van der Waals surface area contributed by atoms with Crippen LogP contribution in [0, 0.1) is 11.6 Å². The van der Waals surface area contributed by atoms with Crippen molar-refractivity contribution < 1.29 is 13.9 Å². The summed E-state index contributed by atoms with van der Waals surface area (Å²) in [6, 6.07) is 5.00. The fourth-order valence-corrected chi connectivity index (χ4v) is 3.59. The number of nitrogens with two attached hydrogens (primary N) is 1. The molecule has 0 saturated heterocycles. The first kappa shape index (κ1) is 14.6. The molecular formula is C13H12BrF2NOS. The molecule has 0 aliphatic heterocycles. The lowest BCUT2D eigenvalue weighted by atomic mass is 9.92. The van der Waals surface area contributed by atoms with Crippen LogP contribution in [0.2, 0.25) is 0 Å². The minimum absolute atomic E-state index is 0.0917. The van der Waals surface area contributed by atoms with Gasteiger partial charge in [-0.05, 0) is 45.1 Å². The summed E-state index contributed by atoms with van der Waals surface area (Å²) in [5.74, 6) is -1.91. The fraction of sp³-hybridized carbons (Fsp3) is 0.231. The number of aliphatic hydroxyl groups is 1. The van der Waals surface area contributed by atoms with Gasteiger partial charge in [-0.3, -0.25) is 0 Å². The van der Waals surface area contributed by atoms with Crippen LogP contribution in [0.3, 0.4) is 0 Å². The van der Waals surface area contributed by atoms with E-state index in [-0.39, 0.29) is 6.54 Å². The number of halogens is 3. The zero-order valence-corrected chi connectivity index (χ0v) is 12.2. The highest BCUT2D eigenvalue weighted by atomic mass is 79.9. The van der Waals surface area contributed by atoms with Crippen LogP contribution < -0.4 is 5.73 Å². The topological polar surface area (TPSA) is 46.2 Å². The Balaban J connectivity index is 2.36. The van der Waals surface area contributed by atoms with Gasteiger partial charge >= 0.3 is 0 Å². The van der Waals surface area contributed by atoms with Crippen LogP contribution in [0.25, 0.3) is 0 Å². The van der Waals surface area contributed by atoms with Crippen molar-refractivity contribution >= 4 is 27.3 Å². The van der Waals surface area contributed by atoms with Gasteiger partial charge in [0.15, 0.2) is 0 Å². The third-order valence-corrected chi connectivity index (χ3v) is 4.80. The average molecular weight is 348 g/mol. The lowest BCUT2D eigenvalue weighted by molar-refractivity contribution is 0.150. The second-order valence-electron chi connectivity index (χ2n) is 4.12. The van der Waals surface area contributed by atoms with Crippen molar-refractivity contribution in [2.45, 2.75) is 12.0 Å². The molecule has 0 saturated carbocycles. The first-order valence-electron chi connectivity index (χ1n) is 5.60. The standard InChI is InChI=1S/C13H12BrF2NOS/c14-11-1-2-19-13(11)12(18)10(6-17)7-3-8(15)5-9(16)4-7/h1-5,10,12,18H,6,17H2. The lowest BCUT2D eigenvalue weighted by Gasteiger charge is -2.21. The van der Waals surface area contributed by atoms with E-state index in [9.17, 15) is 13.9 Å². The highest BCUT2D eigenvalue weighted by Crippen LogP contribution is 2.37. The van der Waals surface area contributed by atoms with Crippen molar-refractivity contribution in [1.29, 1.82) is 0 Å². The maximum atomic E-state index is 13.2. The van der Waals surface area contributed by atoms with Crippen molar-refractivity contribution in [3.8, 4) is 0 Å². The number of hydrogen-bond donors (Lipinski definition) is 2. The summed E-state index contributed by atoms with van der Waals surface area (Å²) >= 11 is 4.69. The van der Waals surface area contributed by atoms with E-state index in [0.717, 1.165) is 10.5 Å². The molecule has 2 nitrogen and oxygen atoms in total. The molecule has 2 aromatic rings. The van der Waals surface area contributed by atoms with Gasteiger partial charge in [-0.2, -0.15) is 0 Å². The number of hydrogen-bond acceptors (Lipinski definition) is 3. The van der Waals surface area contributed by atoms with Crippen LogP contribution in [-0.2, 0) is 0 Å². The number of benzene rings is 1. The molecule has 1 aromatic carbocycles. The normalized spacial score (nSPS) is 14.4. The van der Waals surface area contributed by atoms with Crippen LogP contribution in [0.15, 0.2) is 34.1 Å². The largest absolute Gasteiger partial charge is 0.387 e. The minimum atomic E-state index is -0.902. The quantitative estimate of drug-likeness (QED) is 0.888. The van der Waals surface area contributed by atoms with Gasteiger partial charge in [-0.15, -0.1) is 11.3 Å². The summed E-state index contributed by atoms with van der Waals surface area (Å²) in [6.07, 6.45) is -0.902. The predicted molar refractivity (Wildman–Crippen MR) is 75.1 cm³/mol. The SMILES string of the molecule is NCC(c1cc(F)cc(F)c1)C(O)c1sccc1Br. The maximum absolute atomic E-state index is 13.2. The molecule has 0 aliphatic rings. The van der Waals surface area contributed by atoms with Crippen LogP contribution in [0.4, 0.5) is 8.78 Å². The van der Waals surface area contributed by atoms with Crippen LogP contribution in [0.1, 0.15) is 22.5 Å². The van der Waals surface area contributed by atoms with Gasteiger partial charge in [0.1, 0.15) is 11.6 Å². The van der Waals surface area contributed by atoms with E-state index in [4.69, 9.17) is 5.73 Å². The number of thiophene rings is 1. The van der Waals surface area contributed by atoms with E-state index in [0.29, 0.717) is 10.4 Å². The molecule has 1 heterocycles. The summed E-state index contributed by atoms with van der Waals surface area (Å²) in [5.41, 5.74) is 6.00. The monoisotopic (exact) mass is 347 g/mol. The lowest BCUT2D eigenvalue weighted by Crippen LogP contribution is -2.20. The third kappa shape index (κ3) is 3.20. The molecule has 0 bridgehead atoms. The summed E-state index contributed by atoms with van der Waals surface area (Å²) < 4.78 is 27.2. The molecule has 6 heteroatoms. The van der Waals surface area contributed by atoms with Crippen LogP contribution >= 0.6 is 27.3 Å². The van der Waals surface area contributed by atoms with Crippen molar-refractivity contribution in [3.05, 3.63) is 56.2 Å². The molecule has 0 spiro atoms. The van der Waals surface area contributed by atoms with Crippen molar-refractivity contribution in [3.63, 3.8) is 0 Å². The number of rotatable bonds is 4. The van der Waals surface area contributed by atoms with Gasteiger partial charge in [0.25, 0.3) is 0 Å². The summed E-state index contributed by atoms with van der Waals surface area (Å²) in [7, 11) is 0. The Morgan fingerprint density at radius 1 is 1.26 bits per heavy atom. The van der Waals surface area contributed by atoms with Gasteiger partial charge in [0, 0.05) is 27.9 Å². The molecule has 2 atom stereocenters. The molecule has 1 aromatic heterocycles. The molecule has 19 heavy (non-hydrogen) atoms. The van der Waals surface area contributed by atoms with E-state index in [1.807, 2.05) is 11.4 Å². The molecule has 2 rings (SSSR count). The smallest absolute Gasteiger partial charge is 0.126 e. The van der Waals surface area contributed by atoms with Gasteiger partial charge in [-0.1, -0.05) is 0 Å². The van der Waals surface area contributed by atoms with Gasteiger partial charge in [0.2, 0.25) is 0 Å². The number of aliphatic hydroxyl groups excluding tert-OH is 1. The van der Waals surface area contributed by atoms with Gasteiger partial charge < -0.3 is 10.8 Å². The van der Waals surface area contributed by atoms with E-state index in [1.165, 1.54) is 23.5 Å². The van der Waals surface area contributed by atoms with E-state index in [2.05, 4.69) is 15.9 Å². The first-order valence-corrected chi connectivity index (χ1v) is 7.27. The Hall–Kier alpha value is -0.820. The van der Waals surface area contributed by atoms with Crippen LogP contribution in [-0.4, -0.2) is 11.7 Å². The molecule has 0 fully saturated rings. The Morgan fingerprint density at radius 2 is 1.89 bits per heavy atom. The van der Waals surface area contributed by atoms with Gasteiger partial charge in [0.05, 0.1) is 6.10 Å². The summed E-state index contributed by atoms with van der Waals surface area (Å²) in [6.45, 7) is 0.0917. The Labute approximate surface area is 122 Å². The third-order valence-electron chi connectivity index (χ3n) is 2.86. The van der Waals surface area contributed by atoms with Crippen molar-refractivity contribution in [2.75, 3.05) is 6.54 Å². The summed E-state index contributed by atoms with van der Waals surface area (Å²) in [5, 5.41) is 12.2. The second kappa shape index (κ2) is 6.09. The highest BCUT2D eigenvalue weighted by Gasteiger charge is 2.25. The van der Waals surface area contributed by atoms with Crippen molar-refractivity contribution in [1.82, 2.24) is 0 Å². The molecule has 2 unspecified atom stereocenters. The predicted octanol–water partition coefficient (Wildman–Crippen LogP) is 3.56. The zero-order valence-electron chi connectivity index (χ0n) is 9.82. The first-order chi connectivity index (χ1) is 9.02. The molecule has 0 radical (unpaired) electrons. The minimum Gasteiger partial charge on any atom is -0.387 e. The molecule has 3 N–H and O–H groups in total. The second-order valence-corrected chi connectivity index (χ2v) is 5.92. The fourth-order valence-electron chi connectivity index (χ4n) is 1.94. The average Bonchev–Trinajstić information content (AvgIpc) is 2.75. The van der Waals surface area contributed by atoms with E-state index >= 15 is 0 Å². The van der Waals surface area contributed by atoms with E-state index in [1.54, 1.807) is 0 Å². The van der Waals surface area contributed by atoms with Crippen molar-refractivity contribution in [2.24, 2.45) is 5.73 Å². The molecule has 102 valence electrons. The zero-order chi connectivity index (χ0) is 14.0. The Kier molecular flexibility index (Phi) is 4.67. The Bertz CT molecular complexity index is 555. The maximum Gasteiger partial charge on any atom is 0.126 e. The highest BCUT2D eigenvalue weighted by molar-refractivity contribution is 9.10. The van der Waals surface area contributed by atoms with E-state index < -0.39 is 23.7 Å². The van der Waals surface area contributed by atoms with Gasteiger partial charge in [-0.25, -0.2) is 8.78 Å².